The molecular formula is C22H28N2O3. The van der Waals surface area contributed by atoms with Crippen LogP contribution < -0.4 is 4.74 Å². The Morgan fingerprint density at radius 1 is 1.37 bits per heavy atom. The van der Waals surface area contributed by atoms with Crippen LogP contribution in [0.15, 0.2) is 18.2 Å². The summed E-state index contributed by atoms with van der Waals surface area (Å²) in [5, 5.41) is 1.19. The summed E-state index contributed by atoms with van der Waals surface area (Å²) in [5.41, 5.74) is 2.90. The second-order valence-electron chi connectivity index (χ2n) is 8.52. The molecule has 5 atom stereocenters. The zero-order valence-corrected chi connectivity index (χ0v) is 16.4. The molecule has 1 N–H and O–H groups in total. The van der Waals surface area contributed by atoms with E-state index in [9.17, 15) is 4.79 Å². The van der Waals surface area contributed by atoms with Gasteiger partial charge in [0.25, 0.3) is 0 Å². The molecule has 1 aromatic carbocycles. The second kappa shape index (κ2) is 5.99. The number of fused-ring (bicyclic) bond motifs is 4. The van der Waals surface area contributed by atoms with Gasteiger partial charge in [-0.3, -0.25) is 9.69 Å². The number of ether oxygens (including phenoxy) is 2. The highest BCUT2D eigenvalue weighted by Gasteiger charge is 2.62. The van der Waals surface area contributed by atoms with E-state index in [4.69, 9.17) is 9.47 Å². The van der Waals surface area contributed by atoms with Gasteiger partial charge in [0, 0.05) is 35.7 Å². The molecular weight excluding hydrogens is 340 g/mol. The van der Waals surface area contributed by atoms with Gasteiger partial charge in [-0.15, -0.1) is 0 Å². The molecule has 4 heterocycles. The molecule has 144 valence electrons. The smallest absolute Gasteiger partial charge is 0.319 e. The van der Waals surface area contributed by atoms with E-state index in [-0.39, 0.29) is 12.0 Å². The number of aromatic amines is 1. The molecule has 5 nitrogen and oxygen atoms in total. The van der Waals surface area contributed by atoms with Crippen LogP contribution in [-0.4, -0.2) is 49.2 Å². The van der Waals surface area contributed by atoms with Gasteiger partial charge in [0.2, 0.25) is 0 Å². The lowest BCUT2D eigenvalue weighted by atomic mass is 9.56. The van der Waals surface area contributed by atoms with E-state index in [0.717, 1.165) is 49.3 Å². The number of hydrogen-bond donors (Lipinski definition) is 1. The molecule has 27 heavy (non-hydrogen) atoms. The monoisotopic (exact) mass is 368 g/mol. The van der Waals surface area contributed by atoms with Crippen LogP contribution in [0.1, 0.15) is 37.4 Å². The number of carbonyl (C=O) groups excluding carboxylic acids is 1. The standard InChI is InChI=1S/C22H28N2O3/c1-4-14-9-13-11-22(21(25)27-3)19-16(7-8-24(12-13)20(14)22)17-10-15(26-2)5-6-18(17)23-19/h5-6,10,13-14,20,23H,4,7-9,11-12H2,1-3H3/t13-,14-,20?,22-/m0/s1. The van der Waals surface area contributed by atoms with E-state index < -0.39 is 5.41 Å². The van der Waals surface area contributed by atoms with Crippen LogP contribution >= 0.6 is 0 Å². The number of H-pyrrole nitrogens is 1. The molecule has 3 aliphatic heterocycles. The largest absolute Gasteiger partial charge is 0.497 e. The maximum atomic E-state index is 13.4. The lowest BCUT2D eigenvalue weighted by Crippen LogP contribution is -2.67. The minimum Gasteiger partial charge on any atom is -0.497 e. The third kappa shape index (κ3) is 2.18. The molecule has 1 saturated carbocycles. The molecule has 4 bridgehead atoms. The number of carbonyl (C=O) groups is 1. The van der Waals surface area contributed by atoms with E-state index in [1.54, 1.807) is 14.2 Å². The summed E-state index contributed by atoms with van der Waals surface area (Å²) in [6.07, 6.45) is 4.20. The minimum atomic E-state index is -0.575. The van der Waals surface area contributed by atoms with Crippen molar-refractivity contribution in [2.45, 2.75) is 44.1 Å². The number of nitrogens with one attached hydrogen (secondary N) is 1. The van der Waals surface area contributed by atoms with Crippen LogP contribution in [0.2, 0.25) is 0 Å². The van der Waals surface area contributed by atoms with Gasteiger partial charge < -0.3 is 14.5 Å². The van der Waals surface area contributed by atoms with Crippen molar-refractivity contribution in [1.82, 2.24) is 9.88 Å². The second-order valence-corrected chi connectivity index (χ2v) is 8.52. The number of aromatic nitrogens is 1. The average Bonchev–Trinajstić information content (AvgIpc) is 3.04. The Kier molecular flexibility index (Phi) is 3.80. The van der Waals surface area contributed by atoms with Crippen LogP contribution in [0.4, 0.5) is 0 Å². The van der Waals surface area contributed by atoms with Crippen LogP contribution in [-0.2, 0) is 21.4 Å². The maximum absolute atomic E-state index is 13.4. The first-order valence-electron chi connectivity index (χ1n) is 10.1. The minimum absolute atomic E-state index is 0.0676. The molecule has 0 spiro atoms. The van der Waals surface area contributed by atoms with Crippen molar-refractivity contribution in [1.29, 1.82) is 0 Å². The third-order valence-corrected chi connectivity index (χ3v) is 7.37. The number of hydrogen-bond acceptors (Lipinski definition) is 4. The fourth-order valence-electron chi connectivity index (χ4n) is 6.42. The van der Waals surface area contributed by atoms with Gasteiger partial charge in [0.1, 0.15) is 11.2 Å². The van der Waals surface area contributed by atoms with Crippen molar-refractivity contribution in [3.8, 4) is 5.75 Å². The summed E-state index contributed by atoms with van der Waals surface area (Å²) in [6, 6.07) is 6.40. The fraction of sp³-hybridized carbons (Fsp3) is 0.591. The normalized spacial score (nSPS) is 34.2. The SMILES string of the molecule is CC[C@H]1C[C@@H]2CN3CCc4c([nH]c5ccc(OC)cc45)[C@@](C(=O)OC)(C2)C13. The first kappa shape index (κ1) is 17.1. The van der Waals surface area contributed by atoms with E-state index in [1.807, 2.05) is 6.07 Å². The van der Waals surface area contributed by atoms with E-state index >= 15 is 0 Å². The molecule has 0 amide bonds. The number of esters is 1. The number of piperidine rings is 2. The Bertz CT molecular complexity index is 904. The Morgan fingerprint density at radius 3 is 2.96 bits per heavy atom. The van der Waals surface area contributed by atoms with E-state index in [2.05, 4.69) is 28.9 Å². The summed E-state index contributed by atoms with van der Waals surface area (Å²) < 4.78 is 10.9. The molecule has 1 aromatic heterocycles. The van der Waals surface area contributed by atoms with Gasteiger partial charge in [-0.1, -0.05) is 13.3 Å². The van der Waals surface area contributed by atoms with Crippen molar-refractivity contribution in [3.63, 3.8) is 0 Å². The van der Waals surface area contributed by atoms with Gasteiger partial charge in [-0.25, -0.2) is 0 Å². The van der Waals surface area contributed by atoms with Gasteiger partial charge >= 0.3 is 5.97 Å². The highest BCUT2D eigenvalue weighted by atomic mass is 16.5. The van der Waals surface area contributed by atoms with Crippen molar-refractivity contribution in [2.75, 3.05) is 27.3 Å². The van der Waals surface area contributed by atoms with Crippen LogP contribution in [0.3, 0.4) is 0 Å². The van der Waals surface area contributed by atoms with Crippen LogP contribution in [0.5, 0.6) is 5.75 Å². The quantitative estimate of drug-likeness (QED) is 0.845. The number of rotatable bonds is 3. The first-order chi connectivity index (χ1) is 13.1. The molecule has 2 unspecified atom stereocenters. The topological polar surface area (TPSA) is 54.6 Å². The van der Waals surface area contributed by atoms with E-state index in [0.29, 0.717) is 11.8 Å². The Balaban J connectivity index is 1.79. The van der Waals surface area contributed by atoms with Crippen molar-refractivity contribution in [3.05, 3.63) is 29.5 Å². The van der Waals surface area contributed by atoms with Gasteiger partial charge in [-0.2, -0.15) is 0 Å². The number of benzene rings is 1. The van der Waals surface area contributed by atoms with Gasteiger partial charge in [0.05, 0.1) is 14.2 Å². The molecule has 2 saturated heterocycles. The number of methoxy groups -OCH3 is 2. The van der Waals surface area contributed by atoms with Crippen LogP contribution in [0, 0.1) is 11.8 Å². The molecule has 2 aromatic rings. The molecule has 5 heteroatoms. The maximum Gasteiger partial charge on any atom is 0.319 e. The molecule has 6 rings (SSSR count). The predicted molar refractivity (Wildman–Crippen MR) is 104 cm³/mol. The summed E-state index contributed by atoms with van der Waals surface area (Å²) in [5.74, 6) is 1.90. The van der Waals surface area contributed by atoms with Crippen molar-refractivity contribution >= 4 is 16.9 Å². The third-order valence-electron chi connectivity index (χ3n) is 7.37. The highest BCUT2D eigenvalue weighted by molar-refractivity contribution is 5.92. The lowest BCUT2D eigenvalue weighted by Gasteiger charge is -2.57. The zero-order valence-electron chi connectivity index (χ0n) is 16.4. The average molecular weight is 368 g/mol. The molecule has 0 radical (unpaired) electrons. The Labute approximate surface area is 160 Å². The van der Waals surface area contributed by atoms with Crippen molar-refractivity contribution in [2.24, 2.45) is 11.8 Å². The Hall–Kier alpha value is -2.01. The van der Waals surface area contributed by atoms with Gasteiger partial charge in [-0.05, 0) is 54.9 Å². The summed E-state index contributed by atoms with van der Waals surface area (Å²) in [4.78, 5) is 19.6. The number of nitrogens with zero attached hydrogens (tertiary/aromatic N) is 1. The predicted octanol–water partition coefficient (Wildman–Crippen LogP) is 3.26. The molecule has 3 fully saturated rings. The highest BCUT2D eigenvalue weighted by Crippen LogP contribution is 2.55. The molecule has 1 aliphatic carbocycles. The summed E-state index contributed by atoms with van der Waals surface area (Å²) >= 11 is 0. The van der Waals surface area contributed by atoms with Crippen LogP contribution in [0.25, 0.3) is 10.9 Å². The fourth-order valence-corrected chi connectivity index (χ4v) is 6.42. The first-order valence-corrected chi connectivity index (χ1v) is 10.1. The lowest BCUT2D eigenvalue weighted by molar-refractivity contribution is -0.162. The Morgan fingerprint density at radius 2 is 2.22 bits per heavy atom. The molecule has 4 aliphatic rings. The van der Waals surface area contributed by atoms with Crippen molar-refractivity contribution < 1.29 is 14.3 Å². The zero-order chi connectivity index (χ0) is 18.8. The summed E-state index contributed by atoms with van der Waals surface area (Å²) in [7, 11) is 3.24. The van der Waals surface area contributed by atoms with Gasteiger partial charge in [0.15, 0.2) is 0 Å². The van der Waals surface area contributed by atoms with E-state index in [1.165, 1.54) is 17.4 Å². The summed E-state index contributed by atoms with van der Waals surface area (Å²) in [6.45, 7) is 4.39.